The second kappa shape index (κ2) is 4.76. The first-order valence-corrected chi connectivity index (χ1v) is 3.60. The fraction of sp³-hybridized carbons (Fsp3) is 0.250. The van der Waals surface area contributed by atoms with Crippen LogP contribution in [-0.2, 0) is 0 Å². The van der Waals surface area contributed by atoms with Crippen LogP contribution in [0.2, 0.25) is 0 Å². The molecule has 86 valence electrons. The quantitative estimate of drug-likeness (QED) is 0.759. The summed E-state index contributed by atoms with van der Waals surface area (Å²) in [5.74, 6) is -2.90. The molecule has 0 saturated heterocycles. The van der Waals surface area contributed by atoms with Gasteiger partial charge < -0.3 is 5.73 Å². The van der Waals surface area contributed by atoms with Crippen molar-refractivity contribution >= 4 is 12.4 Å². The summed E-state index contributed by atoms with van der Waals surface area (Å²) >= 11 is 0. The summed E-state index contributed by atoms with van der Waals surface area (Å²) in [6.07, 6.45) is -4.78. The van der Waals surface area contributed by atoms with Gasteiger partial charge in [0.25, 0.3) is 0 Å². The number of rotatable bonds is 1. The van der Waals surface area contributed by atoms with Gasteiger partial charge in [-0.2, -0.15) is 13.2 Å². The minimum absolute atomic E-state index is 0. The van der Waals surface area contributed by atoms with Gasteiger partial charge in [0.2, 0.25) is 0 Å². The molecule has 0 aliphatic carbocycles. The number of hydrogen-bond donors (Lipinski definition) is 1. The van der Waals surface area contributed by atoms with Crippen molar-refractivity contribution in [2.75, 3.05) is 0 Å². The van der Waals surface area contributed by atoms with Crippen molar-refractivity contribution in [1.82, 2.24) is 0 Å². The summed E-state index contributed by atoms with van der Waals surface area (Å²) in [4.78, 5) is 0. The minimum atomic E-state index is -4.78. The van der Waals surface area contributed by atoms with E-state index < -0.39 is 29.4 Å². The zero-order valence-corrected chi connectivity index (χ0v) is 8.00. The van der Waals surface area contributed by atoms with E-state index in [4.69, 9.17) is 5.73 Å². The van der Waals surface area contributed by atoms with Crippen LogP contribution in [0.4, 0.5) is 22.0 Å². The van der Waals surface area contributed by atoms with E-state index in [9.17, 15) is 22.0 Å². The molecule has 2 N–H and O–H groups in total. The fourth-order valence-electron chi connectivity index (χ4n) is 0.937. The Balaban J connectivity index is 0.00000196. The second-order valence-electron chi connectivity index (χ2n) is 2.66. The zero-order valence-electron chi connectivity index (χ0n) is 7.18. The van der Waals surface area contributed by atoms with Crippen LogP contribution >= 0.6 is 12.4 Å². The van der Waals surface area contributed by atoms with Gasteiger partial charge in [0.1, 0.15) is 6.04 Å². The number of alkyl halides is 3. The van der Waals surface area contributed by atoms with Crippen LogP contribution in [0.1, 0.15) is 11.6 Å². The van der Waals surface area contributed by atoms with E-state index in [0.29, 0.717) is 0 Å². The van der Waals surface area contributed by atoms with Gasteiger partial charge in [-0.05, 0) is 6.07 Å². The van der Waals surface area contributed by atoms with Crippen LogP contribution in [0.15, 0.2) is 18.2 Å². The molecule has 1 unspecified atom stereocenters. The normalized spacial score (nSPS) is 13.2. The molecule has 0 saturated carbocycles. The third-order valence-corrected chi connectivity index (χ3v) is 1.67. The molecule has 1 rings (SSSR count). The number of halogens is 6. The molecule has 0 aliphatic rings. The minimum Gasteiger partial charge on any atom is -0.316 e. The predicted molar refractivity (Wildman–Crippen MR) is 46.6 cm³/mol. The molecule has 0 spiro atoms. The Hall–Kier alpha value is -0.880. The Morgan fingerprint density at radius 1 is 1.13 bits per heavy atom. The van der Waals surface area contributed by atoms with Gasteiger partial charge in [0.05, 0.1) is 0 Å². The molecular weight excluding hydrogens is 241 g/mol. The van der Waals surface area contributed by atoms with E-state index in [1.807, 2.05) is 0 Å². The molecule has 0 heterocycles. The van der Waals surface area contributed by atoms with Gasteiger partial charge in [-0.3, -0.25) is 0 Å². The van der Waals surface area contributed by atoms with E-state index in [1.165, 1.54) is 0 Å². The highest BCUT2D eigenvalue weighted by molar-refractivity contribution is 5.85. The average molecular weight is 248 g/mol. The Morgan fingerprint density at radius 3 is 2.13 bits per heavy atom. The number of hydrogen-bond acceptors (Lipinski definition) is 1. The maximum Gasteiger partial charge on any atom is 0.407 e. The lowest BCUT2D eigenvalue weighted by Crippen LogP contribution is -2.29. The number of benzene rings is 1. The van der Waals surface area contributed by atoms with Gasteiger partial charge >= 0.3 is 6.18 Å². The van der Waals surface area contributed by atoms with E-state index in [2.05, 4.69) is 0 Å². The molecule has 0 bridgehead atoms. The average Bonchev–Trinajstić information content (AvgIpc) is 2.07. The van der Waals surface area contributed by atoms with E-state index in [-0.39, 0.29) is 12.4 Å². The maximum absolute atomic E-state index is 12.8. The fourth-order valence-corrected chi connectivity index (χ4v) is 0.937. The summed E-state index contributed by atoms with van der Waals surface area (Å²) in [5.41, 5.74) is 3.82. The topological polar surface area (TPSA) is 26.0 Å². The lowest BCUT2D eigenvalue weighted by molar-refractivity contribution is -0.149. The molecular formula is C8H7ClF5N. The van der Waals surface area contributed by atoms with Crippen molar-refractivity contribution in [3.8, 4) is 0 Å². The molecule has 0 aliphatic heterocycles. The number of nitrogens with two attached hydrogens (primary N) is 1. The van der Waals surface area contributed by atoms with E-state index >= 15 is 0 Å². The van der Waals surface area contributed by atoms with Gasteiger partial charge in [-0.25, -0.2) is 8.78 Å². The molecule has 1 atom stereocenters. The van der Waals surface area contributed by atoms with Crippen molar-refractivity contribution in [2.24, 2.45) is 5.73 Å². The molecule has 1 aromatic rings. The van der Waals surface area contributed by atoms with Crippen molar-refractivity contribution < 1.29 is 22.0 Å². The molecule has 0 aromatic heterocycles. The first-order valence-electron chi connectivity index (χ1n) is 3.60. The van der Waals surface area contributed by atoms with Crippen LogP contribution in [0, 0.1) is 11.6 Å². The summed E-state index contributed by atoms with van der Waals surface area (Å²) in [6.45, 7) is 0. The highest BCUT2D eigenvalue weighted by Crippen LogP contribution is 2.32. The van der Waals surface area contributed by atoms with Gasteiger partial charge in [-0.1, -0.05) is 12.1 Å². The van der Waals surface area contributed by atoms with Gasteiger partial charge in [-0.15, -0.1) is 12.4 Å². The molecule has 0 radical (unpaired) electrons. The SMILES string of the molecule is Cl.NC(c1cccc(F)c1F)C(F)(F)F. The molecule has 7 heteroatoms. The summed E-state index contributed by atoms with van der Waals surface area (Å²) < 4.78 is 61.5. The first kappa shape index (κ1) is 14.1. The molecule has 1 aromatic carbocycles. The smallest absolute Gasteiger partial charge is 0.316 e. The third-order valence-electron chi connectivity index (χ3n) is 1.67. The Labute approximate surface area is 88.5 Å². The maximum atomic E-state index is 12.8. The van der Waals surface area contributed by atoms with E-state index in [1.54, 1.807) is 0 Å². The van der Waals surface area contributed by atoms with Crippen LogP contribution in [0.5, 0.6) is 0 Å². The Kier molecular flexibility index (Phi) is 4.48. The predicted octanol–water partition coefficient (Wildman–Crippen LogP) is 2.95. The van der Waals surface area contributed by atoms with Gasteiger partial charge in [0.15, 0.2) is 11.6 Å². The lowest BCUT2D eigenvalue weighted by atomic mass is 10.1. The van der Waals surface area contributed by atoms with Crippen molar-refractivity contribution in [3.05, 3.63) is 35.4 Å². The van der Waals surface area contributed by atoms with Crippen LogP contribution in [-0.4, -0.2) is 6.18 Å². The molecule has 0 amide bonds. The third kappa shape index (κ3) is 3.04. The Morgan fingerprint density at radius 2 is 1.67 bits per heavy atom. The summed E-state index contributed by atoms with van der Waals surface area (Å²) in [6, 6.07) is -0.00381. The van der Waals surface area contributed by atoms with Crippen molar-refractivity contribution in [1.29, 1.82) is 0 Å². The molecule has 0 fully saturated rings. The molecule has 1 nitrogen and oxygen atoms in total. The molecule has 15 heavy (non-hydrogen) atoms. The largest absolute Gasteiger partial charge is 0.407 e. The lowest BCUT2D eigenvalue weighted by Gasteiger charge is -2.16. The highest BCUT2D eigenvalue weighted by atomic mass is 35.5. The summed E-state index contributed by atoms with van der Waals surface area (Å²) in [7, 11) is 0. The second-order valence-corrected chi connectivity index (χ2v) is 2.66. The van der Waals surface area contributed by atoms with Crippen LogP contribution < -0.4 is 5.73 Å². The van der Waals surface area contributed by atoms with Gasteiger partial charge in [0, 0.05) is 5.56 Å². The standard InChI is InChI=1S/C8H6F5N.ClH/c9-5-3-1-2-4(6(5)10)7(14)8(11,12)13;/h1-3,7H,14H2;1H. The van der Waals surface area contributed by atoms with Crippen LogP contribution in [0.25, 0.3) is 0 Å². The van der Waals surface area contributed by atoms with Crippen LogP contribution in [0.3, 0.4) is 0 Å². The van der Waals surface area contributed by atoms with E-state index in [0.717, 1.165) is 18.2 Å². The van der Waals surface area contributed by atoms with Crippen molar-refractivity contribution in [2.45, 2.75) is 12.2 Å². The van der Waals surface area contributed by atoms with Crippen molar-refractivity contribution in [3.63, 3.8) is 0 Å². The Bertz CT molecular complexity index is 338. The highest BCUT2D eigenvalue weighted by Gasteiger charge is 2.39. The first-order chi connectivity index (χ1) is 6.34. The zero-order chi connectivity index (χ0) is 10.9. The monoisotopic (exact) mass is 247 g/mol. The summed E-state index contributed by atoms with van der Waals surface area (Å²) in [5, 5.41) is 0.